The van der Waals surface area contributed by atoms with Gasteiger partial charge in [-0.05, 0) is 72.5 Å². The number of carbonyl (C=O) groups is 4. The van der Waals surface area contributed by atoms with Gasteiger partial charge in [0.15, 0.2) is 11.5 Å². The van der Waals surface area contributed by atoms with Gasteiger partial charge in [-0.15, -0.1) is 0 Å². The number of hydrogen-bond donors (Lipinski definition) is 1. The van der Waals surface area contributed by atoms with Gasteiger partial charge in [-0.2, -0.15) is 0 Å². The Kier molecular flexibility index (Phi) is 7.94. The first kappa shape index (κ1) is 25.3. The normalized spacial score (nSPS) is 17.0. The lowest BCUT2D eigenvalue weighted by atomic mass is 10.1. The number of hydrogen-bond acceptors (Lipinski definition) is 7. The predicted molar refractivity (Wildman–Crippen MR) is 134 cm³/mol. The molecule has 2 aliphatic rings. The minimum Gasteiger partial charge on any atom is -0.493 e. The smallest absolute Gasteiger partial charge is 0.335 e. The molecular weight excluding hydrogens is 484 g/mol. The van der Waals surface area contributed by atoms with Gasteiger partial charge in [0.05, 0.1) is 17.6 Å². The summed E-state index contributed by atoms with van der Waals surface area (Å²) in [5.41, 5.74) is 1.62. The number of thioether (sulfide) groups is 1. The van der Waals surface area contributed by atoms with E-state index in [4.69, 9.17) is 14.6 Å². The summed E-state index contributed by atoms with van der Waals surface area (Å²) < 4.78 is 11.3. The van der Waals surface area contributed by atoms with Gasteiger partial charge >= 0.3 is 5.97 Å². The van der Waals surface area contributed by atoms with Gasteiger partial charge in [-0.25, -0.2) is 4.79 Å². The SMILES string of the molecule is COc1cc(/C=C2\SC(=O)N(CC(=O)N3CCCCC3)C2=O)ccc1OCc1ccc(C(=O)O)cc1. The Bertz CT molecular complexity index is 1200. The lowest BCUT2D eigenvalue weighted by molar-refractivity contribution is -0.136. The Morgan fingerprint density at radius 2 is 1.75 bits per heavy atom. The van der Waals surface area contributed by atoms with Crippen LogP contribution < -0.4 is 9.47 Å². The average Bonchev–Trinajstić information content (AvgIpc) is 3.15. The van der Waals surface area contributed by atoms with Crippen molar-refractivity contribution in [3.05, 3.63) is 64.1 Å². The molecule has 0 bridgehead atoms. The Morgan fingerprint density at radius 3 is 2.42 bits per heavy atom. The third-order valence-electron chi connectivity index (χ3n) is 5.96. The molecule has 0 aromatic heterocycles. The van der Waals surface area contributed by atoms with Crippen LogP contribution in [0.4, 0.5) is 4.79 Å². The van der Waals surface area contributed by atoms with Crippen LogP contribution >= 0.6 is 11.8 Å². The fourth-order valence-electron chi connectivity index (χ4n) is 3.96. The van der Waals surface area contributed by atoms with Crippen LogP contribution in [-0.2, 0) is 16.2 Å². The fraction of sp³-hybridized carbons (Fsp3) is 0.308. The summed E-state index contributed by atoms with van der Waals surface area (Å²) in [7, 11) is 1.49. The van der Waals surface area contributed by atoms with Crippen LogP contribution in [0.1, 0.15) is 40.7 Å². The van der Waals surface area contributed by atoms with Crippen molar-refractivity contribution < 1.29 is 33.8 Å². The molecule has 0 atom stereocenters. The van der Waals surface area contributed by atoms with Crippen LogP contribution in [0.15, 0.2) is 47.4 Å². The van der Waals surface area contributed by atoms with E-state index in [1.165, 1.54) is 19.2 Å². The van der Waals surface area contributed by atoms with Crippen molar-refractivity contribution in [3.63, 3.8) is 0 Å². The summed E-state index contributed by atoms with van der Waals surface area (Å²) in [4.78, 5) is 51.7. The van der Waals surface area contributed by atoms with Crippen molar-refractivity contribution in [2.24, 2.45) is 0 Å². The molecule has 36 heavy (non-hydrogen) atoms. The number of carbonyl (C=O) groups excluding carboxylic acids is 3. The van der Waals surface area contributed by atoms with E-state index in [1.807, 2.05) is 0 Å². The minimum absolute atomic E-state index is 0.195. The van der Waals surface area contributed by atoms with E-state index in [-0.39, 0.29) is 29.5 Å². The number of carboxylic acid groups (broad SMARTS) is 1. The molecular formula is C26H26N2O7S. The van der Waals surface area contributed by atoms with E-state index in [2.05, 4.69) is 0 Å². The molecule has 188 valence electrons. The zero-order valence-electron chi connectivity index (χ0n) is 19.8. The van der Waals surface area contributed by atoms with Crippen molar-refractivity contribution in [1.29, 1.82) is 0 Å². The molecule has 0 unspecified atom stereocenters. The van der Waals surface area contributed by atoms with E-state index >= 15 is 0 Å². The quantitative estimate of drug-likeness (QED) is 0.530. The second-order valence-corrected chi connectivity index (χ2v) is 9.40. The maximum absolute atomic E-state index is 12.8. The van der Waals surface area contributed by atoms with E-state index in [0.717, 1.165) is 41.5 Å². The van der Waals surface area contributed by atoms with Crippen molar-refractivity contribution in [2.45, 2.75) is 25.9 Å². The summed E-state index contributed by atoms with van der Waals surface area (Å²) >= 11 is 0.808. The van der Waals surface area contributed by atoms with Crippen LogP contribution in [0, 0.1) is 0 Å². The molecule has 2 fully saturated rings. The molecule has 10 heteroatoms. The van der Waals surface area contributed by atoms with Crippen molar-refractivity contribution in [3.8, 4) is 11.5 Å². The van der Waals surface area contributed by atoms with Gasteiger partial charge in [-0.3, -0.25) is 19.3 Å². The van der Waals surface area contributed by atoms with E-state index < -0.39 is 17.1 Å². The zero-order chi connectivity index (χ0) is 25.7. The first-order valence-electron chi connectivity index (χ1n) is 11.5. The second-order valence-electron chi connectivity index (χ2n) is 8.41. The standard InChI is InChI=1S/C26H26N2O7S/c1-34-21-13-18(7-10-20(21)35-16-17-5-8-19(9-6-17)25(31)32)14-22-24(30)28(26(33)36-22)15-23(29)27-11-3-2-4-12-27/h5-10,13-14H,2-4,11-12,15-16H2,1H3,(H,31,32)/b22-14-. The van der Waals surface area contributed by atoms with Gasteiger partial charge in [0.25, 0.3) is 11.1 Å². The van der Waals surface area contributed by atoms with E-state index in [9.17, 15) is 19.2 Å². The number of benzene rings is 2. The summed E-state index contributed by atoms with van der Waals surface area (Å²) in [6, 6.07) is 11.5. The molecule has 4 rings (SSSR count). The maximum Gasteiger partial charge on any atom is 0.335 e. The molecule has 0 radical (unpaired) electrons. The van der Waals surface area contributed by atoms with E-state index in [0.29, 0.717) is 30.2 Å². The van der Waals surface area contributed by atoms with Crippen molar-refractivity contribution in [2.75, 3.05) is 26.7 Å². The second kappa shape index (κ2) is 11.3. The molecule has 2 heterocycles. The number of methoxy groups -OCH3 is 1. The highest BCUT2D eigenvalue weighted by molar-refractivity contribution is 8.18. The highest BCUT2D eigenvalue weighted by Crippen LogP contribution is 2.35. The Balaban J connectivity index is 1.42. The first-order valence-corrected chi connectivity index (χ1v) is 12.3. The number of aromatic carboxylic acids is 1. The Labute approximate surface area is 212 Å². The lowest BCUT2D eigenvalue weighted by Gasteiger charge is -2.27. The molecule has 9 nitrogen and oxygen atoms in total. The number of ether oxygens (including phenoxy) is 2. The van der Waals surface area contributed by atoms with Crippen molar-refractivity contribution >= 4 is 40.9 Å². The molecule has 0 aliphatic carbocycles. The Hall–Kier alpha value is -3.79. The van der Waals surface area contributed by atoms with Crippen LogP contribution in [0.25, 0.3) is 6.08 Å². The number of piperidine rings is 1. The number of nitrogens with zero attached hydrogens (tertiary/aromatic N) is 2. The summed E-state index contributed by atoms with van der Waals surface area (Å²) in [5, 5.41) is 8.54. The summed E-state index contributed by atoms with van der Waals surface area (Å²) in [6.07, 6.45) is 4.55. The zero-order valence-corrected chi connectivity index (χ0v) is 20.6. The maximum atomic E-state index is 12.8. The van der Waals surface area contributed by atoms with Crippen LogP contribution in [0.5, 0.6) is 11.5 Å². The van der Waals surface area contributed by atoms with Gasteiger partial charge in [0, 0.05) is 13.1 Å². The molecule has 2 aromatic carbocycles. The molecule has 3 amide bonds. The van der Waals surface area contributed by atoms with Gasteiger partial charge in [0.2, 0.25) is 5.91 Å². The number of rotatable bonds is 8. The molecule has 0 saturated carbocycles. The van der Waals surface area contributed by atoms with Crippen molar-refractivity contribution in [1.82, 2.24) is 9.80 Å². The van der Waals surface area contributed by atoms with Gasteiger partial charge < -0.3 is 19.5 Å². The predicted octanol–water partition coefficient (Wildman–Crippen LogP) is 4.02. The third-order valence-corrected chi connectivity index (χ3v) is 6.86. The largest absolute Gasteiger partial charge is 0.493 e. The molecule has 2 saturated heterocycles. The average molecular weight is 511 g/mol. The number of likely N-dealkylation sites (tertiary alicyclic amines) is 1. The molecule has 2 aromatic rings. The van der Waals surface area contributed by atoms with Gasteiger partial charge in [0.1, 0.15) is 13.2 Å². The minimum atomic E-state index is -0.994. The van der Waals surface area contributed by atoms with Crippen LogP contribution in [0.3, 0.4) is 0 Å². The number of imide groups is 1. The highest BCUT2D eigenvalue weighted by Gasteiger charge is 2.37. The van der Waals surface area contributed by atoms with Gasteiger partial charge in [-0.1, -0.05) is 18.2 Å². The monoisotopic (exact) mass is 510 g/mol. The molecule has 2 aliphatic heterocycles. The molecule has 0 spiro atoms. The number of carboxylic acids is 1. The summed E-state index contributed by atoms with van der Waals surface area (Å²) in [5.74, 6) is -0.785. The van der Waals surface area contributed by atoms with Crippen LogP contribution in [0.2, 0.25) is 0 Å². The topological polar surface area (TPSA) is 113 Å². The Morgan fingerprint density at radius 1 is 1.03 bits per heavy atom. The lowest BCUT2D eigenvalue weighted by Crippen LogP contribution is -2.44. The third kappa shape index (κ3) is 5.88. The fourth-order valence-corrected chi connectivity index (χ4v) is 4.80. The number of amides is 3. The molecule has 1 N–H and O–H groups in total. The highest BCUT2D eigenvalue weighted by atomic mass is 32.2. The summed E-state index contributed by atoms with van der Waals surface area (Å²) in [6.45, 7) is 1.28. The first-order chi connectivity index (χ1) is 17.4. The van der Waals surface area contributed by atoms with E-state index in [1.54, 1.807) is 41.3 Å². The van der Waals surface area contributed by atoms with Crippen LogP contribution in [-0.4, -0.2) is 64.7 Å².